The van der Waals surface area contributed by atoms with Crippen LogP contribution in [0.3, 0.4) is 0 Å². The Kier molecular flexibility index (Phi) is 3.73. The molecule has 4 aliphatic rings. The molecular formula is C24H31NO. The first-order valence-corrected chi connectivity index (χ1v) is 10.5. The fraction of sp³-hybridized carbons (Fsp3) is 0.625. The van der Waals surface area contributed by atoms with E-state index in [1.807, 2.05) is 12.4 Å². The Balaban J connectivity index is 1.48. The van der Waals surface area contributed by atoms with Gasteiger partial charge in [-0.05, 0) is 90.7 Å². The van der Waals surface area contributed by atoms with E-state index in [-0.39, 0.29) is 6.10 Å². The van der Waals surface area contributed by atoms with Gasteiger partial charge in [-0.25, -0.2) is 0 Å². The van der Waals surface area contributed by atoms with Gasteiger partial charge in [0.1, 0.15) is 0 Å². The zero-order valence-corrected chi connectivity index (χ0v) is 16.1. The summed E-state index contributed by atoms with van der Waals surface area (Å²) in [4.78, 5) is 4.38. The second-order valence-corrected chi connectivity index (χ2v) is 9.71. The van der Waals surface area contributed by atoms with Crippen molar-refractivity contribution in [2.24, 2.45) is 28.6 Å². The first-order valence-electron chi connectivity index (χ1n) is 10.5. The van der Waals surface area contributed by atoms with Crippen molar-refractivity contribution in [2.45, 2.75) is 64.9 Å². The molecule has 2 saturated carbocycles. The summed E-state index contributed by atoms with van der Waals surface area (Å²) in [6.45, 7) is 5.03. The van der Waals surface area contributed by atoms with Crippen LogP contribution in [0, 0.1) is 28.6 Å². The lowest BCUT2D eigenvalue weighted by atomic mass is 9.47. The number of allylic oxidation sites excluding steroid dienone is 3. The van der Waals surface area contributed by atoms with Gasteiger partial charge in [-0.1, -0.05) is 37.6 Å². The standard InChI is InChI=1S/C24H31NO/c1-23-11-9-18(26)14-17(23)5-6-19-21-8-7-20(16-4-3-13-25-15-16)24(21,2)12-10-22(19)23/h3-5,7,13,15,18-19,21-22,26H,6,8-12,14H2,1-2H3/t18-,19-,21+,22+,23-,24+/m0/s1. The quantitative estimate of drug-likeness (QED) is 0.689. The summed E-state index contributed by atoms with van der Waals surface area (Å²) in [5.41, 5.74) is 5.09. The summed E-state index contributed by atoms with van der Waals surface area (Å²) >= 11 is 0. The Morgan fingerprint density at radius 2 is 1.88 bits per heavy atom. The number of aromatic nitrogens is 1. The van der Waals surface area contributed by atoms with Crippen LogP contribution >= 0.6 is 0 Å². The maximum absolute atomic E-state index is 10.2. The lowest BCUT2D eigenvalue weighted by Gasteiger charge is -2.57. The third-order valence-corrected chi connectivity index (χ3v) is 8.63. The second-order valence-electron chi connectivity index (χ2n) is 9.71. The molecule has 1 N–H and O–H groups in total. The van der Waals surface area contributed by atoms with E-state index in [1.165, 1.54) is 37.7 Å². The first-order chi connectivity index (χ1) is 12.5. The van der Waals surface area contributed by atoms with Crippen molar-refractivity contribution in [1.82, 2.24) is 4.98 Å². The number of aliphatic hydroxyl groups is 1. The molecule has 0 aromatic carbocycles. The largest absolute Gasteiger partial charge is 0.393 e. The molecule has 1 aromatic rings. The number of hydrogen-bond donors (Lipinski definition) is 1. The van der Waals surface area contributed by atoms with E-state index in [9.17, 15) is 5.11 Å². The second kappa shape index (κ2) is 5.79. The maximum atomic E-state index is 10.2. The average molecular weight is 350 g/mol. The molecule has 0 unspecified atom stereocenters. The third-order valence-electron chi connectivity index (χ3n) is 8.63. The van der Waals surface area contributed by atoms with Crippen LogP contribution in [-0.4, -0.2) is 16.2 Å². The van der Waals surface area contributed by atoms with E-state index < -0.39 is 0 Å². The normalized spacial score (nSPS) is 44.4. The van der Waals surface area contributed by atoms with Gasteiger partial charge >= 0.3 is 0 Å². The van der Waals surface area contributed by atoms with Crippen molar-refractivity contribution in [3.63, 3.8) is 0 Å². The van der Waals surface area contributed by atoms with E-state index in [2.05, 4.69) is 43.1 Å². The first kappa shape index (κ1) is 16.7. The molecule has 5 rings (SSSR count). The number of fused-ring (bicyclic) bond motifs is 5. The molecule has 1 aromatic heterocycles. The number of hydrogen-bond acceptors (Lipinski definition) is 2. The highest BCUT2D eigenvalue weighted by molar-refractivity contribution is 5.72. The minimum Gasteiger partial charge on any atom is -0.393 e. The van der Waals surface area contributed by atoms with Gasteiger partial charge in [0.15, 0.2) is 0 Å². The Labute approximate surface area is 157 Å². The predicted octanol–water partition coefficient (Wildman–Crippen LogP) is 5.40. The zero-order valence-electron chi connectivity index (χ0n) is 16.1. The predicted molar refractivity (Wildman–Crippen MR) is 105 cm³/mol. The highest BCUT2D eigenvalue weighted by Gasteiger charge is 2.56. The van der Waals surface area contributed by atoms with Crippen LogP contribution in [0.5, 0.6) is 0 Å². The van der Waals surface area contributed by atoms with Crippen LogP contribution in [0.2, 0.25) is 0 Å². The van der Waals surface area contributed by atoms with Crippen LogP contribution in [0.25, 0.3) is 5.57 Å². The summed E-state index contributed by atoms with van der Waals surface area (Å²) in [5, 5.41) is 10.2. The van der Waals surface area contributed by atoms with Crippen LogP contribution in [0.15, 0.2) is 42.3 Å². The van der Waals surface area contributed by atoms with E-state index >= 15 is 0 Å². The molecule has 0 aliphatic heterocycles. The van der Waals surface area contributed by atoms with E-state index in [0.29, 0.717) is 10.8 Å². The van der Waals surface area contributed by atoms with Gasteiger partial charge in [0.25, 0.3) is 0 Å². The van der Waals surface area contributed by atoms with Gasteiger partial charge in [0, 0.05) is 12.4 Å². The molecule has 2 nitrogen and oxygen atoms in total. The number of aliphatic hydroxyl groups excluding tert-OH is 1. The van der Waals surface area contributed by atoms with Crippen LogP contribution < -0.4 is 0 Å². The van der Waals surface area contributed by atoms with Crippen molar-refractivity contribution in [3.8, 4) is 0 Å². The monoisotopic (exact) mass is 349 g/mol. The molecule has 2 fully saturated rings. The van der Waals surface area contributed by atoms with E-state index in [4.69, 9.17) is 0 Å². The lowest BCUT2D eigenvalue weighted by molar-refractivity contribution is -0.0238. The van der Waals surface area contributed by atoms with Crippen molar-refractivity contribution >= 4 is 5.57 Å². The highest BCUT2D eigenvalue weighted by atomic mass is 16.3. The topological polar surface area (TPSA) is 33.1 Å². The lowest BCUT2D eigenvalue weighted by Crippen LogP contribution is -2.49. The zero-order chi connectivity index (χ0) is 17.9. The Bertz CT molecular complexity index is 766. The molecule has 0 amide bonds. The third kappa shape index (κ3) is 2.24. The van der Waals surface area contributed by atoms with Gasteiger partial charge in [-0.3, -0.25) is 4.98 Å². The molecular weight excluding hydrogens is 318 g/mol. The van der Waals surface area contributed by atoms with E-state index in [0.717, 1.165) is 30.6 Å². The summed E-state index contributed by atoms with van der Waals surface area (Å²) < 4.78 is 0. The van der Waals surface area contributed by atoms with Crippen LogP contribution in [-0.2, 0) is 0 Å². The summed E-state index contributed by atoms with van der Waals surface area (Å²) in [5.74, 6) is 2.36. The van der Waals surface area contributed by atoms with Crippen molar-refractivity contribution in [3.05, 3.63) is 47.8 Å². The average Bonchev–Trinajstić information content (AvgIpc) is 3.00. The van der Waals surface area contributed by atoms with Crippen LogP contribution in [0.4, 0.5) is 0 Å². The molecule has 0 saturated heterocycles. The highest BCUT2D eigenvalue weighted by Crippen LogP contribution is 2.66. The molecule has 138 valence electrons. The molecule has 26 heavy (non-hydrogen) atoms. The number of pyridine rings is 1. The van der Waals surface area contributed by atoms with Crippen LogP contribution in [0.1, 0.15) is 64.4 Å². The van der Waals surface area contributed by atoms with E-state index in [1.54, 1.807) is 11.1 Å². The van der Waals surface area contributed by atoms with Crippen molar-refractivity contribution in [2.75, 3.05) is 0 Å². The van der Waals surface area contributed by atoms with Gasteiger partial charge in [-0.2, -0.15) is 0 Å². The minimum absolute atomic E-state index is 0.106. The van der Waals surface area contributed by atoms with Gasteiger partial charge in [0.05, 0.1) is 6.10 Å². The van der Waals surface area contributed by atoms with Crippen molar-refractivity contribution < 1.29 is 5.11 Å². The molecule has 4 aliphatic carbocycles. The summed E-state index contributed by atoms with van der Waals surface area (Å²) in [6.07, 6.45) is 17.0. The SMILES string of the molecule is C[C@]12CC[C@H](O)CC1=CC[C@@H]1[C@H]2CC[C@]2(C)C(c3cccnc3)=CC[C@H]12. The van der Waals surface area contributed by atoms with Gasteiger partial charge < -0.3 is 5.11 Å². The molecule has 2 heteroatoms. The number of nitrogens with zero attached hydrogens (tertiary/aromatic N) is 1. The summed E-state index contributed by atoms with van der Waals surface area (Å²) in [7, 11) is 0. The Morgan fingerprint density at radius 1 is 1.04 bits per heavy atom. The number of rotatable bonds is 1. The molecule has 1 heterocycles. The molecule has 0 spiro atoms. The van der Waals surface area contributed by atoms with Gasteiger partial charge in [-0.15, -0.1) is 0 Å². The summed E-state index contributed by atoms with van der Waals surface area (Å²) in [6, 6.07) is 4.31. The molecule has 0 bridgehead atoms. The van der Waals surface area contributed by atoms with Gasteiger partial charge in [0.2, 0.25) is 0 Å². The smallest absolute Gasteiger partial charge is 0.0577 e. The Morgan fingerprint density at radius 3 is 2.69 bits per heavy atom. The minimum atomic E-state index is -0.106. The molecule has 6 atom stereocenters. The fourth-order valence-electron chi connectivity index (χ4n) is 7.18. The Hall–Kier alpha value is -1.41. The van der Waals surface area contributed by atoms with Crippen molar-refractivity contribution in [1.29, 1.82) is 0 Å². The maximum Gasteiger partial charge on any atom is 0.0577 e. The molecule has 0 radical (unpaired) electrons. The fourth-order valence-corrected chi connectivity index (χ4v) is 7.18.